The number of sulfonamides is 1. The second-order valence-corrected chi connectivity index (χ2v) is 9.88. The van der Waals surface area contributed by atoms with Crippen molar-refractivity contribution in [2.75, 3.05) is 31.9 Å². The molecule has 152 valence electrons. The highest BCUT2D eigenvalue weighted by molar-refractivity contribution is 7.89. The number of unbranched alkanes of at least 4 members (excludes halogenated alkanes) is 1. The fraction of sp³-hybridized carbons (Fsp3) is 0.947. The van der Waals surface area contributed by atoms with Gasteiger partial charge in [-0.2, -0.15) is 0 Å². The standard InChI is InChI=1S/C19H38N4O2S/c1-3-20-19(21-14-8-7-11-17-9-5-6-10-17)22-18-12-15-23(16-13-18)26(24,25)4-2/h17-18H,3-16H2,1-2H3,(H2,20,21,22). The van der Waals surface area contributed by atoms with Crippen molar-refractivity contribution in [2.45, 2.75) is 77.7 Å². The summed E-state index contributed by atoms with van der Waals surface area (Å²) < 4.78 is 25.5. The van der Waals surface area contributed by atoms with Crippen molar-refractivity contribution in [2.24, 2.45) is 10.9 Å². The lowest BCUT2D eigenvalue weighted by Gasteiger charge is -2.32. The molecule has 1 aliphatic heterocycles. The Hall–Kier alpha value is -0.820. The molecule has 0 unspecified atom stereocenters. The molecule has 0 aromatic carbocycles. The van der Waals surface area contributed by atoms with E-state index in [-0.39, 0.29) is 5.75 Å². The summed E-state index contributed by atoms with van der Waals surface area (Å²) in [5, 5.41) is 6.82. The number of aliphatic imine (C=N–C) groups is 1. The highest BCUT2D eigenvalue weighted by Gasteiger charge is 2.26. The van der Waals surface area contributed by atoms with Crippen LogP contribution in [0.25, 0.3) is 0 Å². The van der Waals surface area contributed by atoms with Crippen LogP contribution in [-0.4, -0.2) is 56.7 Å². The number of hydrogen-bond acceptors (Lipinski definition) is 3. The van der Waals surface area contributed by atoms with Gasteiger partial charge in [0.25, 0.3) is 0 Å². The van der Waals surface area contributed by atoms with E-state index < -0.39 is 10.0 Å². The minimum absolute atomic E-state index is 0.191. The van der Waals surface area contributed by atoms with Crippen LogP contribution in [0.1, 0.15) is 71.6 Å². The molecule has 2 aliphatic rings. The Bertz CT molecular complexity index is 522. The Morgan fingerprint density at radius 2 is 1.77 bits per heavy atom. The van der Waals surface area contributed by atoms with Crippen LogP contribution in [0.2, 0.25) is 0 Å². The molecule has 0 amide bonds. The van der Waals surface area contributed by atoms with Crippen LogP contribution in [0.3, 0.4) is 0 Å². The molecule has 2 N–H and O–H groups in total. The van der Waals surface area contributed by atoms with Crippen LogP contribution in [0, 0.1) is 5.92 Å². The normalized spacial score (nSPS) is 21.2. The molecule has 1 heterocycles. The van der Waals surface area contributed by atoms with Gasteiger partial charge >= 0.3 is 0 Å². The Morgan fingerprint density at radius 1 is 1.08 bits per heavy atom. The SMILES string of the molecule is CCNC(=NCCCCC1CCCC1)NC1CCN(S(=O)(=O)CC)CC1. The molecule has 2 rings (SSSR count). The molecule has 0 aromatic rings. The van der Waals surface area contributed by atoms with E-state index in [1.165, 1.54) is 38.5 Å². The predicted octanol–water partition coefficient (Wildman–Crippen LogP) is 2.72. The Labute approximate surface area is 160 Å². The van der Waals surface area contributed by atoms with Gasteiger partial charge in [-0.25, -0.2) is 12.7 Å². The topological polar surface area (TPSA) is 73.8 Å². The average molecular weight is 387 g/mol. The summed E-state index contributed by atoms with van der Waals surface area (Å²) in [4.78, 5) is 4.72. The van der Waals surface area contributed by atoms with Gasteiger partial charge in [-0.15, -0.1) is 0 Å². The molecule has 1 aliphatic carbocycles. The number of guanidine groups is 1. The number of nitrogens with zero attached hydrogens (tertiary/aromatic N) is 2. The van der Waals surface area contributed by atoms with Crippen molar-refractivity contribution < 1.29 is 8.42 Å². The van der Waals surface area contributed by atoms with E-state index in [2.05, 4.69) is 17.6 Å². The monoisotopic (exact) mass is 386 g/mol. The maximum atomic E-state index is 12.0. The molecular formula is C19H38N4O2S. The number of nitrogens with one attached hydrogen (secondary N) is 2. The van der Waals surface area contributed by atoms with E-state index in [0.29, 0.717) is 19.1 Å². The third-order valence-corrected chi connectivity index (χ3v) is 7.54. The highest BCUT2D eigenvalue weighted by atomic mass is 32.2. The first-order chi connectivity index (χ1) is 12.5. The van der Waals surface area contributed by atoms with Gasteiger partial charge in [-0.3, -0.25) is 4.99 Å². The lowest BCUT2D eigenvalue weighted by atomic mass is 10.0. The maximum Gasteiger partial charge on any atom is 0.213 e. The summed E-state index contributed by atoms with van der Waals surface area (Å²) in [5.41, 5.74) is 0. The number of piperidine rings is 1. The fourth-order valence-corrected chi connectivity index (χ4v) is 5.14. The Balaban J connectivity index is 1.69. The predicted molar refractivity (Wildman–Crippen MR) is 109 cm³/mol. The summed E-state index contributed by atoms with van der Waals surface area (Å²) in [6.07, 6.45) is 11.2. The van der Waals surface area contributed by atoms with E-state index in [0.717, 1.165) is 44.2 Å². The van der Waals surface area contributed by atoms with Gasteiger partial charge in [0.2, 0.25) is 10.0 Å². The maximum absolute atomic E-state index is 12.0. The summed E-state index contributed by atoms with van der Waals surface area (Å²) in [5.74, 6) is 2.04. The molecule has 0 radical (unpaired) electrons. The van der Waals surface area contributed by atoms with Gasteiger partial charge in [0, 0.05) is 32.2 Å². The van der Waals surface area contributed by atoms with Gasteiger partial charge in [0.1, 0.15) is 0 Å². The third-order valence-electron chi connectivity index (χ3n) is 5.66. The van der Waals surface area contributed by atoms with Crippen molar-refractivity contribution in [3.63, 3.8) is 0 Å². The van der Waals surface area contributed by atoms with Gasteiger partial charge < -0.3 is 10.6 Å². The largest absolute Gasteiger partial charge is 0.357 e. The van der Waals surface area contributed by atoms with E-state index >= 15 is 0 Å². The summed E-state index contributed by atoms with van der Waals surface area (Å²) >= 11 is 0. The summed E-state index contributed by atoms with van der Waals surface area (Å²) in [7, 11) is -3.05. The summed E-state index contributed by atoms with van der Waals surface area (Å²) in [6.45, 7) is 6.71. The quantitative estimate of drug-likeness (QED) is 0.363. The van der Waals surface area contributed by atoms with Crippen molar-refractivity contribution in [3.05, 3.63) is 0 Å². The first-order valence-electron chi connectivity index (χ1n) is 10.6. The van der Waals surface area contributed by atoms with Crippen LogP contribution >= 0.6 is 0 Å². The fourth-order valence-electron chi connectivity index (χ4n) is 4.01. The first kappa shape index (κ1) is 21.5. The minimum Gasteiger partial charge on any atom is -0.357 e. The van der Waals surface area contributed by atoms with Crippen molar-refractivity contribution in [1.82, 2.24) is 14.9 Å². The summed E-state index contributed by atoms with van der Waals surface area (Å²) in [6, 6.07) is 0.301. The van der Waals surface area contributed by atoms with Crippen LogP contribution in [-0.2, 0) is 10.0 Å². The van der Waals surface area contributed by atoms with Crippen molar-refractivity contribution in [3.8, 4) is 0 Å². The van der Waals surface area contributed by atoms with E-state index in [9.17, 15) is 8.42 Å². The molecule has 7 heteroatoms. The van der Waals surface area contributed by atoms with E-state index in [4.69, 9.17) is 4.99 Å². The molecule has 6 nitrogen and oxygen atoms in total. The van der Waals surface area contributed by atoms with Crippen molar-refractivity contribution >= 4 is 16.0 Å². The second-order valence-electron chi connectivity index (χ2n) is 7.63. The Kier molecular flexibility index (Phi) is 9.19. The second kappa shape index (κ2) is 11.1. The molecule has 1 saturated carbocycles. The zero-order valence-electron chi connectivity index (χ0n) is 16.7. The molecule has 26 heavy (non-hydrogen) atoms. The van der Waals surface area contributed by atoms with E-state index in [1.807, 2.05) is 0 Å². The molecular weight excluding hydrogens is 348 g/mol. The number of rotatable bonds is 9. The first-order valence-corrected chi connectivity index (χ1v) is 12.2. The van der Waals surface area contributed by atoms with E-state index in [1.54, 1.807) is 11.2 Å². The lowest BCUT2D eigenvalue weighted by molar-refractivity contribution is 0.306. The van der Waals surface area contributed by atoms with Crippen LogP contribution < -0.4 is 10.6 Å². The smallest absolute Gasteiger partial charge is 0.213 e. The number of hydrogen-bond donors (Lipinski definition) is 2. The molecule has 0 bridgehead atoms. The lowest BCUT2D eigenvalue weighted by Crippen LogP contribution is -2.50. The van der Waals surface area contributed by atoms with Gasteiger partial charge in [0.15, 0.2) is 5.96 Å². The van der Waals surface area contributed by atoms with Crippen LogP contribution in [0.4, 0.5) is 0 Å². The molecule has 0 spiro atoms. The molecule has 0 aromatic heterocycles. The third kappa shape index (κ3) is 7.06. The van der Waals surface area contributed by atoms with Gasteiger partial charge in [-0.1, -0.05) is 38.5 Å². The Morgan fingerprint density at radius 3 is 2.38 bits per heavy atom. The van der Waals surface area contributed by atoms with Crippen molar-refractivity contribution in [1.29, 1.82) is 0 Å². The molecule has 1 saturated heterocycles. The van der Waals surface area contributed by atoms with Gasteiger partial charge in [-0.05, 0) is 39.0 Å². The average Bonchev–Trinajstić information content (AvgIpc) is 3.15. The van der Waals surface area contributed by atoms with Crippen LogP contribution in [0.5, 0.6) is 0 Å². The highest BCUT2D eigenvalue weighted by Crippen LogP contribution is 2.28. The zero-order valence-corrected chi connectivity index (χ0v) is 17.5. The molecule has 2 fully saturated rings. The van der Waals surface area contributed by atoms with Crippen LogP contribution in [0.15, 0.2) is 4.99 Å². The van der Waals surface area contributed by atoms with Gasteiger partial charge in [0.05, 0.1) is 5.75 Å². The zero-order chi connectivity index (χ0) is 18.8. The molecule has 0 atom stereocenters. The minimum atomic E-state index is -3.05.